The summed E-state index contributed by atoms with van der Waals surface area (Å²) >= 11 is 0. The molecule has 1 saturated carbocycles. The van der Waals surface area contributed by atoms with Gasteiger partial charge < -0.3 is 19.5 Å². The number of ether oxygens (including phenoxy) is 3. The second kappa shape index (κ2) is 10.4. The number of esters is 1. The molecule has 0 aromatic heterocycles. The number of carbonyl (C=O) groups is 2. The number of hydrogen-bond acceptors (Lipinski definition) is 6. The number of halogens is 1. The quantitative estimate of drug-likeness (QED) is 0.509. The first-order valence-corrected chi connectivity index (χ1v) is 12.8. The zero-order valence-corrected chi connectivity index (χ0v) is 21.4. The number of carbonyl (C=O) groups excluding carboxylic acids is 2. The minimum Gasteiger partial charge on any atom is -0.493 e. The van der Waals surface area contributed by atoms with Crippen molar-refractivity contribution in [1.82, 2.24) is 5.32 Å². The van der Waals surface area contributed by atoms with Crippen LogP contribution in [0.1, 0.15) is 68.4 Å². The molecular formula is C30H32FNO5. The molecule has 2 atom stereocenters. The van der Waals surface area contributed by atoms with E-state index in [0.29, 0.717) is 40.3 Å². The lowest BCUT2D eigenvalue weighted by Crippen LogP contribution is -2.37. The Morgan fingerprint density at radius 3 is 2.43 bits per heavy atom. The van der Waals surface area contributed by atoms with Gasteiger partial charge in [-0.3, -0.25) is 4.79 Å². The van der Waals surface area contributed by atoms with E-state index >= 15 is 4.39 Å². The fraction of sp³-hybridized carbons (Fsp3) is 0.400. The zero-order valence-electron chi connectivity index (χ0n) is 21.4. The van der Waals surface area contributed by atoms with Gasteiger partial charge in [-0.1, -0.05) is 24.3 Å². The van der Waals surface area contributed by atoms with Crippen LogP contribution in [0, 0.1) is 5.82 Å². The van der Waals surface area contributed by atoms with Gasteiger partial charge in [0.05, 0.1) is 25.7 Å². The lowest BCUT2D eigenvalue weighted by atomic mass is 9.71. The molecule has 2 aliphatic carbocycles. The third kappa shape index (κ3) is 4.75. The topological polar surface area (TPSA) is 73.9 Å². The third-order valence-corrected chi connectivity index (χ3v) is 7.72. The molecule has 194 valence electrons. The zero-order chi connectivity index (χ0) is 26.1. The smallest absolute Gasteiger partial charge is 0.337 e. The Labute approximate surface area is 216 Å². The van der Waals surface area contributed by atoms with Gasteiger partial charge in [-0.25, -0.2) is 9.18 Å². The second-order valence-corrected chi connectivity index (χ2v) is 9.96. The van der Waals surface area contributed by atoms with E-state index in [1.54, 1.807) is 39.3 Å². The van der Waals surface area contributed by atoms with Crippen LogP contribution in [0.5, 0.6) is 11.5 Å². The van der Waals surface area contributed by atoms with Gasteiger partial charge in [0.15, 0.2) is 17.3 Å². The van der Waals surface area contributed by atoms with E-state index in [0.717, 1.165) is 36.9 Å². The number of hydrogen-bond donors (Lipinski definition) is 1. The van der Waals surface area contributed by atoms with E-state index in [9.17, 15) is 9.59 Å². The first-order chi connectivity index (χ1) is 17.9. The fourth-order valence-electron chi connectivity index (χ4n) is 5.89. The average Bonchev–Trinajstić information content (AvgIpc) is 3.40. The van der Waals surface area contributed by atoms with Gasteiger partial charge in [-0.05, 0) is 68.7 Å². The molecule has 7 heteroatoms. The van der Waals surface area contributed by atoms with Gasteiger partial charge in [0, 0.05) is 29.0 Å². The van der Waals surface area contributed by atoms with Gasteiger partial charge in [0.25, 0.3) is 0 Å². The highest BCUT2D eigenvalue weighted by atomic mass is 19.1. The molecule has 1 aliphatic heterocycles. The second-order valence-electron chi connectivity index (χ2n) is 9.96. The van der Waals surface area contributed by atoms with Crippen molar-refractivity contribution in [3.63, 3.8) is 0 Å². The third-order valence-electron chi connectivity index (χ3n) is 7.72. The van der Waals surface area contributed by atoms with Crippen molar-refractivity contribution in [3.05, 3.63) is 81.9 Å². The standard InChI is InChI=1S/C30H32FNO5/c1-17-27(30(34)37-20-8-4-5-9-20)28(21-10-6-7-11-22(21)31)29-23(32-17)14-19(15-24(29)33)18-12-13-25(35-2)26(16-18)36-3/h6-7,10-13,16,19-20,28,32H,4-5,8-9,14-15H2,1-3H3. The first-order valence-electron chi connectivity index (χ1n) is 12.8. The molecule has 6 nitrogen and oxygen atoms in total. The van der Waals surface area contributed by atoms with Gasteiger partial charge in [0.1, 0.15) is 11.9 Å². The maximum Gasteiger partial charge on any atom is 0.337 e. The molecule has 2 aromatic rings. The maximum atomic E-state index is 15.2. The number of benzene rings is 2. The number of allylic oxidation sites excluding steroid dienone is 3. The van der Waals surface area contributed by atoms with E-state index < -0.39 is 17.7 Å². The van der Waals surface area contributed by atoms with Crippen molar-refractivity contribution in [2.75, 3.05) is 14.2 Å². The summed E-state index contributed by atoms with van der Waals surface area (Å²) in [5, 5.41) is 3.33. The molecule has 0 saturated heterocycles. The minimum atomic E-state index is -0.815. The molecule has 0 radical (unpaired) electrons. The van der Waals surface area contributed by atoms with Gasteiger partial charge >= 0.3 is 5.97 Å². The van der Waals surface area contributed by atoms with Gasteiger partial charge in [-0.15, -0.1) is 0 Å². The Bertz CT molecular complexity index is 1290. The lowest BCUT2D eigenvalue weighted by Gasteiger charge is -2.37. The van der Waals surface area contributed by atoms with Crippen molar-refractivity contribution in [3.8, 4) is 11.5 Å². The summed E-state index contributed by atoms with van der Waals surface area (Å²) in [5.74, 6) is -0.735. The van der Waals surface area contributed by atoms with Crippen LogP contribution < -0.4 is 14.8 Å². The van der Waals surface area contributed by atoms with Crippen LogP contribution in [0.25, 0.3) is 0 Å². The minimum absolute atomic E-state index is 0.0976. The summed E-state index contributed by atoms with van der Waals surface area (Å²) in [6, 6.07) is 12.0. The molecular weight excluding hydrogens is 473 g/mol. The highest BCUT2D eigenvalue weighted by Gasteiger charge is 2.43. The monoisotopic (exact) mass is 505 g/mol. The molecule has 0 spiro atoms. The Balaban J connectivity index is 1.54. The van der Waals surface area contributed by atoms with Crippen molar-refractivity contribution in [1.29, 1.82) is 0 Å². The van der Waals surface area contributed by atoms with Crippen LogP contribution in [0.2, 0.25) is 0 Å². The van der Waals surface area contributed by atoms with E-state index in [2.05, 4.69) is 5.32 Å². The summed E-state index contributed by atoms with van der Waals surface area (Å²) in [7, 11) is 3.16. The van der Waals surface area contributed by atoms with Crippen LogP contribution in [0.15, 0.2) is 65.0 Å². The maximum absolute atomic E-state index is 15.2. The van der Waals surface area contributed by atoms with E-state index in [1.807, 2.05) is 18.2 Å². The summed E-state index contributed by atoms with van der Waals surface area (Å²) in [6.07, 6.45) is 4.35. The largest absolute Gasteiger partial charge is 0.493 e. The molecule has 0 amide bonds. The summed E-state index contributed by atoms with van der Waals surface area (Å²) < 4.78 is 31.8. The molecule has 1 fully saturated rings. The number of rotatable bonds is 6. The number of nitrogens with one attached hydrogen (secondary N) is 1. The predicted octanol–water partition coefficient (Wildman–Crippen LogP) is 5.69. The number of dihydropyridines is 1. The number of Topliss-reactive ketones (excluding diaryl/α,β-unsaturated/α-hetero) is 1. The van der Waals surface area contributed by atoms with Crippen LogP contribution in [0.4, 0.5) is 4.39 Å². The highest BCUT2D eigenvalue weighted by molar-refractivity contribution is 6.04. The van der Waals surface area contributed by atoms with E-state index in [4.69, 9.17) is 14.2 Å². The Morgan fingerprint density at radius 1 is 1.00 bits per heavy atom. The van der Waals surface area contributed by atoms with Crippen molar-refractivity contribution < 1.29 is 28.2 Å². The van der Waals surface area contributed by atoms with Crippen LogP contribution in [-0.2, 0) is 14.3 Å². The molecule has 3 aliphatic rings. The highest BCUT2D eigenvalue weighted by Crippen LogP contribution is 2.47. The Hall–Kier alpha value is -3.61. The molecule has 2 aromatic carbocycles. The average molecular weight is 506 g/mol. The van der Waals surface area contributed by atoms with Gasteiger partial charge in [0.2, 0.25) is 0 Å². The number of methoxy groups -OCH3 is 2. The van der Waals surface area contributed by atoms with Crippen LogP contribution >= 0.6 is 0 Å². The summed E-state index contributed by atoms with van der Waals surface area (Å²) in [5.41, 5.74) is 3.34. The Morgan fingerprint density at radius 2 is 1.73 bits per heavy atom. The summed E-state index contributed by atoms with van der Waals surface area (Å²) in [6.45, 7) is 1.80. The fourth-order valence-corrected chi connectivity index (χ4v) is 5.89. The normalized spacial score (nSPS) is 22.0. The molecule has 2 unspecified atom stereocenters. The van der Waals surface area contributed by atoms with E-state index in [1.165, 1.54) is 6.07 Å². The molecule has 5 rings (SSSR count). The molecule has 1 heterocycles. The Kier molecular flexibility index (Phi) is 7.04. The van der Waals surface area contributed by atoms with Gasteiger partial charge in [-0.2, -0.15) is 0 Å². The molecule has 1 N–H and O–H groups in total. The van der Waals surface area contributed by atoms with Crippen LogP contribution in [-0.4, -0.2) is 32.1 Å². The van der Waals surface area contributed by atoms with Crippen molar-refractivity contribution in [2.24, 2.45) is 0 Å². The van der Waals surface area contributed by atoms with Crippen molar-refractivity contribution >= 4 is 11.8 Å². The molecule has 37 heavy (non-hydrogen) atoms. The molecule has 0 bridgehead atoms. The SMILES string of the molecule is COc1ccc(C2CC(=O)C3=C(C2)NC(C)=C(C(=O)OC2CCCC2)C3c2ccccc2F)cc1OC. The van der Waals surface area contributed by atoms with Crippen LogP contribution in [0.3, 0.4) is 0 Å². The lowest BCUT2D eigenvalue weighted by molar-refractivity contribution is -0.144. The van der Waals surface area contributed by atoms with E-state index in [-0.39, 0.29) is 24.2 Å². The van der Waals surface area contributed by atoms with Crippen molar-refractivity contribution in [2.45, 2.75) is 63.4 Å². The first kappa shape index (κ1) is 25.1. The summed E-state index contributed by atoms with van der Waals surface area (Å²) in [4.78, 5) is 27.2. The predicted molar refractivity (Wildman–Crippen MR) is 137 cm³/mol. The number of ketones is 1.